The van der Waals surface area contributed by atoms with Gasteiger partial charge in [0.05, 0.1) is 12.9 Å². The Bertz CT molecular complexity index is 444. The Kier molecular flexibility index (Phi) is 10.2. The summed E-state index contributed by atoms with van der Waals surface area (Å²) < 4.78 is 11.4. The molecule has 0 unspecified atom stereocenters. The maximum atomic E-state index is 11.9. The minimum absolute atomic E-state index is 0.0285. The van der Waals surface area contributed by atoms with Crippen molar-refractivity contribution < 1.29 is 14.0 Å². The maximum absolute atomic E-state index is 11.9. The number of ether oxygens (including phenoxy) is 1. The average molecular weight is 390 g/mol. The summed E-state index contributed by atoms with van der Waals surface area (Å²) in [6.45, 7) is 19.9. The molecule has 0 saturated carbocycles. The van der Waals surface area contributed by atoms with Crippen LogP contribution in [0, 0.1) is 11.8 Å². The molecule has 148 valence electrons. The number of nitrogens with one attached hydrogen (secondary N) is 1. The number of carbonyl (C=O) groups is 1. The fourth-order valence-electron chi connectivity index (χ4n) is 2.14. The molecule has 0 rings (SSSR count). The van der Waals surface area contributed by atoms with Crippen LogP contribution in [0.5, 0.6) is 0 Å². The standard InChI is InChI=1S/C19H39NO3SSi/c1-11-22-18(21)20-16(12-14(2)3)15(4)17(24-8)13-23-25(9,10)19(5,6)7/h13-16H,11-12H2,1-10H3,(H,20,21)/b17-13-/t15-,16-/m0/s1. The molecule has 0 aromatic carbocycles. The van der Waals surface area contributed by atoms with Gasteiger partial charge in [-0.25, -0.2) is 4.79 Å². The molecule has 0 aliphatic rings. The highest BCUT2D eigenvalue weighted by molar-refractivity contribution is 8.02. The third-order valence-electron chi connectivity index (χ3n) is 4.87. The second-order valence-corrected chi connectivity index (χ2v) is 14.1. The van der Waals surface area contributed by atoms with Crippen molar-refractivity contribution in [2.75, 3.05) is 12.9 Å². The van der Waals surface area contributed by atoms with Gasteiger partial charge in [-0.05, 0) is 43.7 Å². The van der Waals surface area contributed by atoms with Crippen molar-refractivity contribution in [3.63, 3.8) is 0 Å². The van der Waals surface area contributed by atoms with Crippen molar-refractivity contribution in [1.82, 2.24) is 5.32 Å². The molecule has 2 atom stereocenters. The Balaban J connectivity index is 5.29. The summed E-state index contributed by atoms with van der Waals surface area (Å²) in [4.78, 5) is 13.1. The highest BCUT2D eigenvalue weighted by Crippen LogP contribution is 2.38. The first-order chi connectivity index (χ1) is 11.4. The lowest BCUT2D eigenvalue weighted by molar-refractivity contribution is 0.143. The van der Waals surface area contributed by atoms with E-state index < -0.39 is 8.32 Å². The minimum Gasteiger partial charge on any atom is -0.548 e. The van der Waals surface area contributed by atoms with Gasteiger partial charge in [-0.3, -0.25) is 0 Å². The Labute approximate surface area is 160 Å². The van der Waals surface area contributed by atoms with Gasteiger partial charge in [-0.15, -0.1) is 11.8 Å². The molecule has 1 N–H and O–H groups in total. The highest BCUT2D eigenvalue weighted by atomic mass is 32.2. The molecule has 6 heteroatoms. The molecule has 4 nitrogen and oxygen atoms in total. The van der Waals surface area contributed by atoms with Gasteiger partial charge in [0.2, 0.25) is 8.32 Å². The van der Waals surface area contributed by atoms with E-state index in [1.165, 1.54) is 0 Å². The minimum atomic E-state index is -1.84. The predicted molar refractivity (Wildman–Crippen MR) is 112 cm³/mol. The molecule has 0 aliphatic heterocycles. The molecule has 0 aromatic rings. The van der Waals surface area contributed by atoms with Gasteiger partial charge in [-0.2, -0.15) is 0 Å². The molecular formula is C19H39NO3SSi. The second kappa shape index (κ2) is 10.5. The van der Waals surface area contributed by atoms with E-state index in [1.54, 1.807) is 11.8 Å². The van der Waals surface area contributed by atoms with Crippen molar-refractivity contribution in [3.05, 3.63) is 11.2 Å². The number of hydrogen-bond acceptors (Lipinski definition) is 4. The van der Waals surface area contributed by atoms with Gasteiger partial charge in [0.25, 0.3) is 0 Å². The van der Waals surface area contributed by atoms with E-state index in [4.69, 9.17) is 9.16 Å². The number of hydrogen-bond donors (Lipinski definition) is 1. The third-order valence-corrected chi connectivity index (χ3v) is 10.1. The topological polar surface area (TPSA) is 47.6 Å². The zero-order valence-electron chi connectivity index (χ0n) is 17.9. The molecular weight excluding hydrogens is 350 g/mol. The molecule has 0 radical (unpaired) electrons. The third kappa shape index (κ3) is 8.54. The van der Waals surface area contributed by atoms with Crippen LogP contribution in [0.4, 0.5) is 4.79 Å². The molecule has 0 aliphatic carbocycles. The molecule has 0 fully saturated rings. The Morgan fingerprint density at radius 2 is 1.80 bits per heavy atom. The van der Waals surface area contributed by atoms with Crippen molar-refractivity contribution >= 4 is 26.2 Å². The maximum Gasteiger partial charge on any atom is 0.407 e. The molecule has 0 bridgehead atoms. The summed E-state index contributed by atoms with van der Waals surface area (Å²) in [6.07, 6.45) is 4.56. The molecule has 1 amide bonds. The highest BCUT2D eigenvalue weighted by Gasteiger charge is 2.38. The van der Waals surface area contributed by atoms with Crippen LogP contribution in [-0.2, 0) is 9.16 Å². The van der Waals surface area contributed by atoms with Crippen molar-refractivity contribution in [1.29, 1.82) is 0 Å². The predicted octanol–water partition coefficient (Wildman–Crippen LogP) is 6.01. The number of amides is 1. The van der Waals surface area contributed by atoms with E-state index in [9.17, 15) is 4.79 Å². The van der Waals surface area contributed by atoms with Crippen LogP contribution in [0.15, 0.2) is 11.2 Å². The monoisotopic (exact) mass is 389 g/mol. The number of rotatable bonds is 9. The van der Waals surface area contributed by atoms with Crippen LogP contribution in [-0.4, -0.2) is 33.3 Å². The van der Waals surface area contributed by atoms with Crippen LogP contribution in [0.25, 0.3) is 0 Å². The summed E-state index contributed by atoms with van der Waals surface area (Å²) in [5.41, 5.74) is 0. The lowest BCUT2D eigenvalue weighted by atomic mass is 9.93. The first-order valence-corrected chi connectivity index (χ1v) is 13.3. The average Bonchev–Trinajstić information content (AvgIpc) is 2.45. The van der Waals surface area contributed by atoms with Gasteiger partial charge in [0.1, 0.15) is 0 Å². The van der Waals surface area contributed by atoms with Gasteiger partial charge in [0.15, 0.2) is 0 Å². The van der Waals surface area contributed by atoms with Gasteiger partial charge >= 0.3 is 6.09 Å². The normalized spacial score (nSPS) is 15.7. The number of carbonyl (C=O) groups excluding carboxylic acids is 1. The number of thioether (sulfide) groups is 1. The Hall–Kier alpha value is -0.623. The van der Waals surface area contributed by atoms with Gasteiger partial charge < -0.3 is 14.5 Å². The second-order valence-electron chi connectivity index (χ2n) is 8.49. The summed E-state index contributed by atoms with van der Waals surface area (Å²) >= 11 is 1.69. The first-order valence-electron chi connectivity index (χ1n) is 9.20. The number of alkyl carbamates (subject to hydrolysis) is 1. The van der Waals surface area contributed by atoms with Gasteiger partial charge in [0, 0.05) is 16.9 Å². The van der Waals surface area contributed by atoms with Crippen LogP contribution < -0.4 is 5.32 Å². The lowest BCUT2D eigenvalue weighted by Gasteiger charge is -2.36. The van der Waals surface area contributed by atoms with E-state index in [2.05, 4.69) is 66.2 Å². The molecule has 25 heavy (non-hydrogen) atoms. The van der Waals surface area contributed by atoms with E-state index in [1.807, 2.05) is 13.2 Å². The fourth-order valence-corrected chi connectivity index (χ4v) is 3.68. The summed E-state index contributed by atoms with van der Waals surface area (Å²) in [6, 6.07) is 0.0285. The quantitative estimate of drug-likeness (QED) is 0.387. The Morgan fingerprint density at radius 1 is 1.24 bits per heavy atom. The Morgan fingerprint density at radius 3 is 2.20 bits per heavy atom. The van der Waals surface area contributed by atoms with Crippen molar-refractivity contribution in [2.24, 2.45) is 11.8 Å². The van der Waals surface area contributed by atoms with E-state index in [0.717, 1.165) is 11.3 Å². The van der Waals surface area contributed by atoms with Crippen LogP contribution in [0.2, 0.25) is 18.1 Å². The largest absolute Gasteiger partial charge is 0.548 e. The zero-order chi connectivity index (χ0) is 19.8. The van der Waals surface area contributed by atoms with Crippen LogP contribution >= 0.6 is 11.8 Å². The van der Waals surface area contributed by atoms with E-state index >= 15 is 0 Å². The molecule has 0 spiro atoms. The summed E-state index contributed by atoms with van der Waals surface area (Å²) in [5.74, 6) is 0.658. The van der Waals surface area contributed by atoms with E-state index in [-0.39, 0.29) is 23.1 Å². The van der Waals surface area contributed by atoms with E-state index in [0.29, 0.717) is 12.5 Å². The molecule has 0 saturated heterocycles. The SMILES string of the molecule is CCOC(=O)N[C@@H](CC(C)C)[C@H](C)/C(=C/O[Si](C)(C)C(C)(C)C)SC. The molecule has 0 heterocycles. The summed E-state index contributed by atoms with van der Waals surface area (Å²) in [5, 5.41) is 3.20. The van der Waals surface area contributed by atoms with Crippen molar-refractivity contribution in [3.8, 4) is 0 Å². The first kappa shape index (κ1) is 24.4. The van der Waals surface area contributed by atoms with Crippen LogP contribution in [0.1, 0.15) is 54.9 Å². The smallest absolute Gasteiger partial charge is 0.407 e. The zero-order valence-corrected chi connectivity index (χ0v) is 19.7. The summed E-state index contributed by atoms with van der Waals surface area (Å²) in [7, 11) is -1.84. The van der Waals surface area contributed by atoms with Gasteiger partial charge in [-0.1, -0.05) is 41.5 Å². The molecule has 0 aromatic heterocycles. The van der Waals surface area contributed by atoms with Crippen LogP contribution in [0.3, 0.4) is 0 Å². The fraction of sp³-hybridized carbons (Fsp3) is 0.842. The van der Waals surface area contributed by atoms with Crippen molar-refractivity contribution in [2.45, 2.75) is 79.1 Å². The lowest BCUT2D eigenvalue weighted by Crippen LogP contribution is -2.41.